The third-order valence-electron chi connectivity index (χ3n) is 4.43. The molecule has 0 heterocycles. The van der Waals surface area contributed by atoms with Gasteiger partial charge in [0.1, 0.15) is 5.82 Å². The van der Waals surface area contributed by atoms with Crippen molar-refractivity contribution in [1.82, 2.24) is 5.32 Å². The zero-order valence-corrected chi connectivity index (χ0v) is 13.9. The van der Waals surface area contributed by atoms with Crippen LogP contribution < -0.4 is 10.6 Å². The molecule has 4 nitrogen and oxygen atoms in total. The van der Waals surface area contributed by atoms with E-state index in [0.717, 1.165) is 25.7 Å². The van der Waals surface area contributed by atoms with Crippen LogP contribution in [0.1, 0.15) is 52.8 Å². The van der Waals surface area contributed by atoms with E-state index in [0.29, 0.717) is 16.8 Å². The zero-order chi connectivity index (χ0) is 17.6. The highest BCUT2D eigenvalue weighted by atomic mass is 19.1. The SMILES string of the molecule is O=C(Nc1cccc(C(=O)NC2CCCCC2)c1)c1ccc(F)cc1. The molecule has 5 heteroatoms. The van der Waals surface area contributed by atoms with Crippen molar-refractivity contribution in [2.24, 2.45) is 0 Å². The molecule has 1 aliphatic carbocycles. The number of rotatable bonds is 4. The maximum absolute atomic E-state index is 12.9. The summed E-state index contributed by atoms with van der Waals surface area (Å²) < 4.78 is 12.9. The van der Waals surface area contributed by atoms with Gasteiger partial charge in [-0.3, -0.25) is 9.59 Å². The Hall–Kier alpha value is -2.69. The maximum atomic E-state index is 12.9. The highest BCUT2D eigenvalue weighted by molar-refractivity contribution is 6.05. The van der Waals surface area contributed by atoms with Crippen LogP contribution in [0.25, 0.3) is 0 Å². The van der Waals surface area contributed by atoms with E-state index in [1.807, 2.05) is 0 Å². The summed E-state index contributed by atoms with van der Waals surface area (Å²) in [5.41, 5.74) is 1.41. The number of hydrogen-bond donors (Lipinski definition) is 2. The van der Waals surface area contributed by atoms with Crippen LogP contribution in [0.5, 0.6) is 0 Å². The lowest BCUT2D eigenvalue weighted by Gasteiger charge is -2.22. The van der Waals surface area contributed by atoms with Crippen molar-refractivity contribution in [2.75, 3.05) is 5.32 Å². The Balaban J connectivity index is 1.65. The van der Waals surface area contributed by atoms with Gasteiger partial charge in [0.05, 0.1) is 0 Å². The first-order valence-electron chi connectivity index (χ1n) is 8.60. The van der Waals surface area contributed by atoms with E-state index in [-0.39, 0.29) is 17.9 Å². The molecule has 1 fully saturated rings. The average Bonchev–Trinajstić information content (AvgIpc) is 2.63. The molecule has 0 atom stereocenters. The van der Waals surface area contributed by atoms with Gasteiger partial charge in [-0.15, -0.1) is 0 Å². The molecule has 0 saturated heterocycles. The van der Waals surface area contributed by atoms with Gasteiger partial charge in [-0.25, -0.2) is 4.39 Å². The monoisotopic (exact) mass is 340 g/mol. The first-order chi connectivity index (χ1) is 12.1. The molecule has 3 rings (SSSR count). The lowest BCUT2D eigenvalue weighted by Crippen LogP contribution is -2.36. The normalized spacial score (nSPS) is 14.8. The van der Waals surface area contributed by atoms with Crippen molar-refractivity contribution in [2.45, 2.75) is 38.1 Å². The van der Waals surface area contributed by atoms with Gasteiger partial charge in [0.25, 0.3) is 11.8 Å². The second kappa shape index (κ2) is 7.92. The Kier molecular flexibility index (Phi) is 5.43. The van der Waals surface area contributed by atoms with Crippen molar-refractivity contribution < 1.29 is 14.0 Å². The fraction of sp³-hybridized carbons (Fsp3) is 0.300. The van der Waals surface area contributed by atoms with Gasteiger partial charge >= 0.3 is 0 Å². The maximum Gasteiger partial charge on any atom is 0.255 e. The Morgan fingerprint density at radius 3 is 2.32 bits per heavy atom. The summed E-state index contributed by atoms with van der Waals surface area (Å²) in [4.78, 5) is 24.6. The molecule has 0 aliphatic heterocycles. The van der Waals surface area contributed by atoms with Crippen LogP contribution in [-0.4, -0.2) is 17.9 Å². The summed E-state index contributed by atoms with van der Waals surface area (Å²) in [7, 11) is 0. The van der Waals surface area contributed by atoms with Gasteiger partial charge in [-0.05, 0) is 55.3 Å². The molecule has 2 amide bonds. The van der Waals surface area contributed by atoms with E-state index in [2.05, 4.69) is 10.6 Å². The molecule has 2 aromatic rings. The quantitative estimate of drug-likeness (QED) is 0.879. The van der Waals surface area contributed by atoms with E-state index < -0.39 is 5.82 Å². The first-order valence-corrected chi connectivity index (χ1v) is 8.60. The largest absolute Gasteiger partial charge is 0.349 e. The Labute approximate surface area is 146 Å². The highest BCUT2D eigenvalue weighted by Crippen LogP contribution is 2.18. The topological polar surface area (TPSA) is 58.2 Å². The Bertz CT molecular complexity index is 753. The number of amides is 2. The Morgan fingerprint density at radius 1 is 0.880 bits per heavy atom. The second-order valence-corrected chi connectivity index (χ2v) is 6.35. The third-order valence-corrected chi connectivity index (χ3v) is 4.43. The summed E-state index contributed by atoms with van der Waals surface area (Å²) in [5.74, 6) is -0.854. The van der Waals surface area contributed by atoms with Crippen molar-refractivity contribution in [3.05, 3.63) is 65.5 Å². The van der Waals surface area contributed by atoms with Crippen LogP contribution >= 0.6 is 0 Å². The molecule has 2 aromatic carbocycles. The third kappa shape index (κ3) is 4.66. The molecule has 25 heavy (non-hydrogen) atoms. The number of benzene rings is 2. The summed E-state index contributed by atoms with van der Waals surface area (Å²) >= 11 is 0. The minimum atomic E-state index is -0.391. The van der Waals surface area contributed by atoms with Gasteiger partial charge < -0.3 is 10.6 Å². The lowest BCUT2D eigenvalue weighted by molar-refractivity contribution is 0.0926. The molecular formula is C20H21FN2O2. The number of anilines is 1. The number of carbonyl (C=O) groups is 2. The molecule has 0 aromatic heterocycles. The second-order valence-electron chi connectivity index (χ2n) is 6.35. The number of hydrogen-bond acceptors (Lipinski definition) is 2. The first kappa shape index (κ1) is 17.1. The van der Waals surface area contributed by atoms with E-state index in [9.17, 15) is 14.0 Å². The molecule has 0 bridgehead atoms. The minimum Gasteiger partial charge on any atom is -0.349 e. The van der Waals surface area contributed by atoms with Crippen LogP contribution in [0.4, 0.5) is 10.1 Å². The smallest absolute Gasteiger partial charge is 0.255 e. The van der Waals surface area contributed by atoms with Gasteiger partial charge in [0, 0.05) is 22.9 Å². The fourth-order valence-corrected chi connectivity index (χ4v) is 3.06. The van der Waals surface area contributed by atoms with E-state index in [1.54, 1.807) is 24.3 Å². The van der Waals surface area contributed by atoms with Crippen molar-refractivity contribution in [3.63, 3.8) is 0 Å². The van der Waals surface area contributed by atoms with Crippen molar-refractivity contribution >= 4 is 17.5 Å². The predicted octanol–water partition coefficient (Wildman–Crippen LogP) is 4.14. The highest BCUT2D eigenvalue weighted by Gasteiger charge is 2.17. The van der Waals surface area contributed by atoms with E-state index in [1.165, 1.54) is 30.7 Å². The molecule has 1 aliphatic rings. The summed E-state index contributed by atoms with van der Waals surface area (Å²) in [6.07, 6.45) is 5.58. The predicted molar refractivity (Wildman–Crippen MR) is 95.1 cm³/mol. The van der Waals surface area contributed by atoms with Crippen LogP contribution in [0, 0.1) is 5.82 Å². The number of halogens is 1. The molecule has 0 unspecified atom stereocenters. The van der Waals surface area contributed by atoms with Crippen LogP contribution in [-0.2, 0) is 0 Å². The van der Waals surface area contributed by atoms with Crippen molar-refractivity contribution in [1.29, 1.82) is 0 Å². The minimum absolute atomic E-state index is 0.121. The zero-order valence-electron chi connectivity index (χ0n) is 13.9. The van der Waals surface area contributed by atoms with Gasteiger partial charge in [0.2, 0.25) is 0 Å². The van der Waals surface area contributed by atoms with Crippen LogP contribution in [0.15, 0.2) is 48.5 Å². The lowest BCUT2D eigenvalue weighted by atomic mass is 9.95. The van der Waals surface area contributed by atoms with Crippen LogP contribution in [0.2, 0.25) is 0 Å². The molecule has 0 radical (unpaired) electrons. The summed E-state index contributed by atoms with van der Waals surface area (Å²) in [6, 6.07) is 12.4. The van der Waals surface area contributed by atoms with Gasteiger partial charge in [-0.2, -0.15) is 0 Å². The summed E-state index contributed by atoms with van der Waals surface area (Å²) in [5, 5.41) is 5.80. The summed E-state index contributed by atoms with van der Waals surface area (Å²) in [6.45, 7) is 0. The van der Waals surface area contributed by atoms with E-state index >= 15 is 0 Å². The standard InChI is InChI=1S/C20H21FN2O2/c21-16-11-9-14(10-12-16)19(24)23-18-8-4-5-15(13-18)20(25)22-17-6-2-1-3-7-17/h4-5,8-13,17H,1-3,6-7H2,(H,22,25)(H,23,24). The molecular weight excluding hydrogens is 319 g/mol. The van der Waals surface area contributed by atoms with Gasteiger partial charge in [0.15, 0.2) is 0 Å². The average molecular weight is 340 g/mol. The fourth-order valence-electron chi connectivity index (χ4n) is 3.06. The molecule has 0 spiro atoms. The Morgan fingerprint density at radius 2 is 1.60 bits per heavy atom. The van der Waals surface area contributed by atoms with Gasteiger partial charge in [-0.1, -0.05) is 25.3 Å². The van der Waals surface area contributed by atoms with E-state index in [4.69, 9.17) is 0 Å². The van der Waals surface area contributed by atoms with Crippen molar-refractivity contribution in [3.8, 4) is 0 Å². The molecule has 2 N–H and O–H groups in total. The van der Waals surface area contributed by atoms with Crippen LogP contribution in [0.3, 0.4) is 0 Å². The molecule has 1 saturated carbocycles. The molecule has 130 valence electrons. The number of carbonyl (C=O) groups excluding carboxylic acids is 2. The number of nitrogens with one attached hydrogen (secondary N) is 2.